The Morgan fingerprint density at radius 2 is 1.86 bits per heavy atom. The van der Waals surface area contributed by atoms with Gasteiger partial charge < -0.3 is 14.6 Å². The van der Waals surface area contributed by atoms with Crippen molar-refractivity contribution in [3.63, 3.8) is 0 Å². The lowest BCUT2D eigenvalue weighted by atomic mass is 9.95. The van der Waals surface area contributed by atoms with Gasteiger partial charge in [0.1, 0.15) is 17.3 Å². The maximum atomic E-state index is 13.4. The fourth-order valence-corrected chi connectivity index (χ4v) is 5.16. The van der Waals surface area contributed by atoms with Crippen molar-refractivity contribution in [3.05, 3.63) is 75.8 Å². The van der Waals surface area contributed by atoms with E-state index >= 15 is 0 Å². The van der Waals surface area contributed by atoms with E-state index in [1.165, 1.54) is 18.9 Å². The Kier molecular flexibility index (Phi) is 7.73. The third kappa shape index (κ3) is 5.13. The zero-order chi connectivity index (χ0) is 26.7. The van der Waals surface area contributed by atoms with Crippen molar-refractivity contribution in [3.8, 4) is 11.5 Å². The summed E-state index contributed by atoms with van der Waals surface area (Å²) in [6.07, 6.45) is 1.86. The summed E-state index contributed by atoms with van der Waals surface area (Å²) in [5, 5.41) is 11.5. The molecule has 0 saturated carbocycles. The van der Waals surface area contributed by atoms with Gasteiger partial charge >= 0.3 is 5.91 Å². The van der Waals surface area contributed by atoms with Crippen molar-refractivity contribution in [2.24, 2.45) is 0 Å². The molecule has 1 fully saturated rings. The van der Waals surface area contributed by atoms with Gasteiger partial charge in [0, 0.05) is 12.5 Å². The van der Waals surface area contributed by atoms with E-state index in [1.807, 2.05) is 0 Å². The van der Waals surface area contributed by atoms with Gasteiger partial charge in [-0.15, -0.1) is 0 Å². The molecule has 9 heteroatoms. The van der Waals surface area contributed by atoms with E-state index in [9.17, 15) is 19.5 Å². The molecule has 0 aliphatic carbocycles. The second-order valence-electron chi connectivity index (χ2n) is 8.64. The number of aliphatic hydroxyl groups is 1. The number of carbonyl (C=O) groups excluding carboxylic acids is 3. The Balaban J connectivity index is 1.88. The first-order valence-electron chi connectivity index (χ1n) is 11.9. The van der Waals surface area contributed by atoms with Crippen molar-refractivity contribution in [2.75, 3.05) is 18.6 Å². The number of amides is 1. The first kappa shape index (κ1) is 26.1. The summed E-state index contributed by atoms with van der Waals surface area (Å²) in [6, 6.07) is 12.7. The van der Waals surface area contributed by atoms with Crippen LogP contribution in [0.5, 0.6) is 11.5 Å². The minimum atomic E-state index is -0.970. The molecular weight excluding hydrogens is 492 g/mol. The third-order valence-corrected chi connectivity index (χ3v) is 7.32. The predicted molar refractivity (Wildman–Crippen MR) is 141 cm³/mol. The molecule has 1 amide bonds. The number of rotatable bonds is 9. The van der Waals surface area contributed by atoms with Gasteiger partial charge in [-0.05, 0) is 55.3 Å². The minimum Gasteiger partial charge on any atom is -0.507 e. The number of aromatic nitrogens is 1. The van der Waals surface area contributed by atoms with Crippen molar-refractivity contribution in [2.45, 2.75) is 39.7 Å². The summed E-state index contributed by atoms with van der Waals surface area (Å²) >= 11 is 1.04. The number of Topliss-reactive ketones (excluding diaryl/α,β-unsaturated/α-hetero) is 2. The largest absolute Gasteiger partial charge is 0.507 e. The Hall–Kier alpha value is -3.98. The van der Waals surface area contributed by atoms with Crippen molar-refractivity contribution in [1.82, 2.24) is 4.98 Å². The van der Waals surface area contributed by atoms with E-state index < -0.39 is 17.7 Å². The van der Waals surface area contributed by atoms with E-state index in [0.29, 0.717) is 39.8 Å². The number of anilines is 1. The second-order valence-corrected chi connectivity index (χ2v) is 9.62. The van der Waals surface area contributed by atoms with Gasteiger partial charge in [0.25, 0.3) is 5.78 Å². The summed E-state index contributed by atoms with van der Waals surface area (Å²) in [4.78, 5) is 45.0. The molecule has 37 heavy (non-hydrogen) atoms. The van der Waals surface area contributed by atoms with E-state index in [4.69, 9.17) is 9.47 Å². The van der Waals surface area contributed by atoms with Crippen LogP contribution in [-0.2, 0) is 9.59 Å². The summed E-state index contributed by atoms with van der Waals surface area (Å²) < 4.78 is 11.1. The number of ketones is 2. The topological polar surface area (TPSA) is 106 Å². The molecular formula is C28H28N2O6S. The number of nitrogens with zero attached hydrogens (tertiary/aromatic N) is 2. The number of benzene rings is 2. The Bertz CT molecular complexity index is 1380. The average molecular weight is 521 g/mol. The molecule has 1 N–H and O–H groups in total. The molecule has 2 aromatic carbocycles. The maximum Gasteiger partial charge on any atom is 0.301 e. The molecule has 2 heterocycles. The highest BCUT2D eigenvalue weighted by Crippen LogP contribution is 2.44. The molecule has 1 aliphatic rings. The Morgan fingerprint density at radius 1 is 1.14 bits per heavy atom. The van der Waals surface area contributed by atoms with E-state index in [0.717, 1.165) is 24.2 Å². The zero-order valence-electron chi connectivity index (χ0n) is 21.1. The highest BCUT2D eigenvalue weighted by Gasteiger charge is 2.48. The van der Waals surface area contributed by atoms with Crippen LogP contribution in [0.3, 0.4) is 0 Å². The van der Waals surface area contributed by atoms with E-state index in [-0.39, 0.29) is 22.2 Å². The maximum absolute atomic E-state index is 13.4. The number of carbonyl (C=O) groups is 3. The summed E-state index contributed by atoms with van der Waals surface area (Å²) in [6.45, 7) is 5.70. The number of aliphatic hydroxyl groups excluding tert-OH is 1. The molecule has 1 saturated heterocycles. The lowest BCUT2D eigenvalue weighted by Gasteiger charge is -2.23. The number of aryl methyl sites for hydroxylation is 1. The minimum absolute atomic E-state index is 0.0712. The number of hydrogen-bond acceptors (Lipinski definition) is 8. The van der Waals surface area contributed by atoms with Crippen LogP contribution in [0.2, 0.25) is 0 Å². The highest BCUT2D eigenvalue weighted by molar-refractivity contribution is 7.18. The van der Waals surface area contributed by atoms with Crippen molar-refractivity contribution < 1.29 is 29.0 Å². The summed E-state index contributed by atoms with van der Waals surface area (Å²) in [5.41, 5.74) is 1.33. The van der Waals surface area contributed by atoms with Gasteiger partial charge in [0.05, 0.1) is 35.9 Å². The van der Waals surface area contributed by atoms with Crippen LogP contribution in [0.4, 0.5) is 5.13 Å². The lowest BCUT2D eigenvalue weighted by Crippen LogP contribution is -2.29. The van der Waals surface area contributed by atoms with E-state index in [1.54, 1.807) is 55.5 Å². The number of hydrogen-bond donors (Lipinski definition) is 1. The van der Waals surface area contributed by atoms with Gasteiger partial charge in [0.15, 0.2) is 10.9 Å². The number of methoxy groups -OCH3 is 1. The van der Waals surface area contributed by atoms with Crippen LogP contribution in [-0.4, -0.2) is 41.3 Å². The fraction of sp³-hybridized carbons (Fsp3) is 0.286. The van der Waals surface area contributed by atoms with Crippen LogP contribution < -0.4 is 14.4 Å². The van der Waals surface area contributed by atoms with Gasteiger partial charge in [-0.3, -0.25) is 19.3 Å². The van der Waals surface area contributed by atoms with Gasteiger partial charge in [0.2, 0.25) is 0 Å². The first-order chi connectivity index (χ1) is 17.8. The normalized spacial score (nSPS) is 16.8. The third-order valence-electron chi connectivity index (χ3n) is 6.06. The molecule has 1 aromatic heterocycles. The molecule has 8 nitrogen and oxygen atoms in total. The van der Waals surface area contributed by atoms with E-state index in [2.05, 4.69) is 11.9 Å². The first-order valence-corrected chi connectivity index (χ1v) is 12.7. The predicted octanol–water partition coefficient (Wildman–Crippen LogP) is 5.47. The summed E-state index contributed by atoms with van der Waals surface area (Å²) in [5.74, 6) is -1.000. The molecule has 0 spiro atoms. The molecule has 1 unspecified atom stereocenters. The molecule has 1 aliphatic heterocycles. The Morgan fingerprint density at radius 3 is 2.49 bits per heavy atom. The van der Waals surface area contributed by atoms with Crippen molar-refractivity contribution in [1.29, 1.82) is 0 Å². The quantitative estimate of drug-likeness (QED) is 0.131. The lowest BCUT2D eigenvalue weighted by molar-refractivity contribution is -0.132. The summed E-state index contributed by atoms with van der Waals surface area (Å²) in [7, 11) is 1.53. The fourth-order valence-electron chi connectivity index (χ4n) is 4.17. The Labute approximate surface area is 219 Å². The molecule has 192 valence electrons. The van der Waals surface area contributed by atoms with Crippen LogP contribution in [0.15, 0.2) is 54.1 Å². The number of thiazole rings is 1. The molecule has 0 radical (unpaired) electrons. The van der Waals surface area contributed by atoms with Crippen LogP contribution in [0.25, 0.3) is 5.76 Å². The van der Waals surface area contributed by atoms with Gasteiger partial charge in [-0.2, -0.15) is 0 Å². The standard InChI is InChI=1S/C28H28N2O6S/c1-5-6-14-36-21-9-7-8-19(15-21)23-22(24(32)18-10-12-20(35-4)13-11-18)25(33)27(34)30(23)28-29-16(2)26(37-28)17(3)31/h7-13,15,23,32H,5-6,14H2,1-4H3. The highest BCUT2D eigenvalue weighted by atomic mass is 32.1. The molecule has 4 rings (SSSR count). The van der Waals surface area contributed by atoms with Crippen LogP contribution >= 0.6 is 11.3 Å². The van der Waals surface area contributed by atoms with Crippen LogP contribution in [0.1, 0.15) is 59.2 Å². The smallest absolute Gasteiger partial charge is 0.301 e. The van der Waals surface area contributed by atoms with Crippen LogP contribution in [0, 0.1) is 6.92 Å². The zero-order valence-corrected chi connectivity index (χ0v) is 21.9. The SMILES string of the molecule is CCCCOc1cccc(C2C(=C(O)c3ccc(OC)cc3)C(=O)C(=O)N2c2nc(C)c(C(C)=O)s2)c1. The van der Waals surface area contributed by atoms with Crippen molar-refractivity contribution >= 4 is 39.7 Å². The molecule has 0 bridgehead atoms. The van der Waals surface area contributed by atoms with Gasteiger partial charge in [-0.1, -0.05) is 36.8 Å². The second kappa shape index (κ2) is 11.0. The monoisotopic (exact) mass is 520 g/mol. The van der Waals surface area contributed by atoms with Gasteiger partial charge in [-0.25, -0.2) is 4.98 Å². The molecule has 1 atom stereocenters. The number of unbranched alkanes of at least 4 members (excludes halogenated alkanes) is 1. The number of ether oxygens (including phenoxy) is 2. The molecule has 3 aromatic rings. The average Bonchev–Trinajstić information content (AvgIpc) is 3.41.